The fraction of sp³-hybridized carbons (Fsp3) is 0.750. The molecule has 1 aliphatic heterocycles. The van der Waals surface area contributed by atoms with Gasteiger partial charge in [0.2, 0.25) is 0 Å². The summed E-state index contributed by atoms with van der Waals surface area (Å²) in [6.07, 6.45) is 2.95. The van der Waals surface area contributed by atoms with Crippen LogP contribution in [0.15, 0.2) is 11.6 Å². The largest absolute Gasteiger partial charge is 0.380 e. The first-order valence-corrected chi connectivity index (χ1v) is 5.52. The first kappa shape index (κ1) is 13.2. The SMILES string of the molecule is COCC1=CCN(C(=O)C(C)(C)OC)CC1. The highest BCUT2D eigenvalue weighted by Gasteiger charge is 2.32. The Morgan fingerprint density at radius 2 is 2.19 bits per heavy atom. The molecule has 0 saturated carbocycles. The van der Waals surface area contributed by atoms with Gasteiger partial charge >= 0.3 is 0 Å². The monoisotopic (exact) mass is 227 g/mol. The first-order chi connectivity index (χ1) is 7.51. The van der Waals surface area contributed by atoms with Crippen molar-refractivity contribution in [2.75, 3.05) is 33.9 Å². The molecule has 0 aromatic carbocycles. The number of amides is 1. The summed E-state index contributed by atoms with van der Waals surface area (Å²) < 4.78 is 10.3. The van der Waals surface area contributed by atoms with Gasteiger partial charge in [-0.25, -0.2) is 0 Å². The van der Waals surface area contributed by atoms with Gasteiger partial charge in [0.05, 0.1) is 6.61 Å². The molecular formula is C12H21NO3. The van der Waals surface area contributed by atoms with Crippen molar-refractivity contribution in [3.63, 3.8) is 0 Å². The third kappa shape index (κ3) is 3.06. The number of carbonyl (C=O) groups is 1. The summed E-state index contributed by atoms with van der Waals surface area (Å²) in [5.74, 6) is 0.0442. The van der Waals surface area contributed by atoms with Crippen LogP contribution in [0.5, 0.6) is 0 Å². The number of carbonyl (C=O) groups excluding carboxylic acids is 1. The summed E-state index contributed by atoms with van der Waals surface area (Å²) in [5, 5.41) is 0. The van der Waals surface area contributed by atoms with Crippen LogP contribution in [-0.2, 0) is 14.3 Å². The lowest BCUT2D eigenvalue weighted by atomic mass is 10.0. The predicted molar refractivity (Wildman–Crippen MR) is 62.2 cm³/mol. The van der Waals surface area contributed by atoms with Crippen molar-refractivity contribution >= 4 is 5.91 Å². The Labute approximate surface area is 97.2 Å². The zero-order chi connectivity index (χ0) is 12.2. The topological polar surface area (TPSA) is 38.8 Å². The van der Waals surface area contributed by atoms with Gasteiger partial charge in [-0.2, -0.15) is 0 Å². The van der Waals surface area contributed by atoms with Crippen LogP contribution < -0.4 is 0 Å². The summed E-state index contributed by atoms with van der Waals surface area (Å²) in [7, 11) is 3.25. The van der Waals surface area contributed by atoms with Crippen LogP contribution in [0.4, 0.5) is 0 Å². The molecule has 92 valence electrons. The van der Waals surface area contributed by atoms with Crippen molar-refractivity contribution in [3.8, 4) is 0 Å². The number of nitrogens with zero attached hydrogens (tertiary/aromatic N) is 1. The van der Waals surface area contributed by atoms with E-state index < -0.39 is 5.60 Å². The van der Waals surface area contributed by atoms with E-state index in [0.29, 0.717) is 13.2 Å². The highest BCUT2D eigenvalue weighted by Crippen LogP contribution is 2.17. The van der Waals surface area contributed by atoms with E-state index in [2.05, 4.69) is 6.08 Å². The van der Waals surface area contributed by atoms with E-state index in [9.17, 15) is 4.79 Å². The molecule has 0 aromatic heterocycles. The molecule has 1 amide bonds. The molecule has 0 saturated heterocycles. The van der Waals surface area contributed by atoms with E-state index in [-0.39, 0.29) is 5.91 Å². The Morgan fingerprint density at radius 3 is 2.62 bits per heavy atom. The van der Waals surface area contributed by atoms with E-state index in [0.717, 1.165) is 13.0 Å². The van der Waals surface area contributed by atoms with Gasteiger partial charge in [0, 0.05) is 27.3 Å². The molecule has 0 atom stereocenters. The Kier molecular flexibility index (Phi) is 4.50. The third-order valence-electron chi connectivity index (χ3n) is 2.95. The van der Waals surface area contributed by atoms with E-state index >= 15 is 0 Å². The summed E-state index contributed by atoms with van der Waals surface area (Å²) in [4.78, 5) is 13.9. The second-order valence-corrected chi connectivity index (χ2v) is 4.51. The van der Waals surface area contributed by atoms with Gasteiger partial charge in [-0.05, 0) is 25.8 Å². The van der Waals surface area contributed by atoms with Crippen LogP contribution in [0.25, 0.3) is 0 Å². The predicted octanol–water partition coefficient (Wildman–Crippen LogP) is 1.22. The summed E-state index contributed by atoms with van der Waals surface area (Å²) in [6, 6.07) is 0. The van der Waals surface area contributed by atoms with E-state index in [1.165, 1.54) is 5.57 Å². The van der Waals surface area contributed by atoms with Crippen molar-refractivity contribution in [2.24, 2.45) is 0 Å². The van der Waals surface area contributed by atoms with Gasteiger partial charge in [0.15, 0.2) is 0 Å². The normalized spacial score (nSPS) is 17.2. The number of hydrogen-bond acceptors (Lipinski definition) is 3. The number of methoxy groups -OCH3 is 2. The standard InChI is InChI=1S/C12H21NO3/c1-12(2,16-4)11(14)13-7-5-10(6-8-13)9-15-3/h5H,6-9H2,1-4H3. The minimum Gasteiger partial charge on any atom is -0.380 e. The van der Waals surface area contributed by atoms with E-state index in [4.69, 9.17) is 9.47 Å². The molecule has 0 N–H and O–H groups in total. The maximum Gasteiger partial charge on any atom is 0.254 e. The molecular weight excluding hydrogens is 206 g/mol. The van der Waals surface area contributed by atoms with Crippen molar-refractivity contribution in [3.05, 3.63) is 11.6 Å². The number of hydrogen-bond donors (Lipinski definition) is 0. The lowest BCUT2D eigenvalue weighted by Crippen LogP contribution is -2.48. The van der Waals surface area contributed by atoms with E-state index in [1.807, 2.05) is 4.90 Å². The fourth-order valence-corrected chi connectivity index (χ4v) is 1.68. The smallest absolute Gasteiger partial charge is 0.254 e. The maximum atomic E-state index is 12.1. The van der Waals surface area contributed by atoms with Crippen molar-refractivity contribution in [2.45, 2.75) is 25.9 Å². The zero-order valence-corrected chi connectivity index (χ0v) is 10.6. The Balaban J connectivity index is 2.57. The molecule has 0 fully saturated rings. The van der Waals surface area contributed by atoms with Crippen LogP contribution >= 0.6 is 0 Å². The minimum absolute atomic E-state index is 0.0442. The zero-order valence-electron chi connectivity index (χ0n) is 10.6. The third-order valence-corrected chi connectivity index (χ3v) is 2.95. The van der Waals surface area contributed by atoms with Crippen molar-refractivity contribution in [1.29, 1.82) is 0 Å². The summed E-state index contributed by atoms with van der Waals surface area (Å²) in [6.45, 7) is 5.66. The molecule has 0 aliphatic carbocycles. The highest BCUT2D eigenvalue weighted by atomic mass is 16.5. The molecule has 4 heteroatoms. The second-order valence-electron chi connectivity index (χ2n) is 4.51. The van der Waals surface area contributed by atoms with Crippen LogP contribution in [-0.4, -0.2) is 50.3 Å². The molecule has 1 heterocycles. The van der Waals surface area contributed by atoms with Gasteiger partial charge in [-0.15, -0.1) is 0 Å². The van der Waals surface area contributed by atoms with E-state index in [1.54, 1.807) is 28.1 Å². The maximum absolute atomic E-state index is 12.1. The molecule has 0 spiro atoms. The van der Waals surface area contributed by atoms with Crippen LogP contribution in [0.3, 0.4) is 0 Å². The van der Waals surface area contributed by atoms with Gasteiger partial charge in [0.25, 0.3) is 5.91 Å². The summed E-state index contributed by atoms with van der Waals surface area (Å²) >= 11 is 0. The van der Waals surface area contributed by atoms with Crippen molar-refractivity contribution < 1.29 is 14.3 Å². The van der Waals surface area contributed by atoms with Crippen LogP contribution in [0, 0.1) is 0 Å². The van der Waals surface area contributed by atoms with Gasteiger partial charge in [-0.3, -0.25) is 4.79 Å². The van der Waals surface area contributed by atoms with Crippen LogP contribution in [0.1, 0.15) is 20.3 Å². The molecule has 4 nitrogen and oxygen atoms in total. The Bertz CT molecular complexity index is 284. The number of ether oxygens (including phenoxy) is 2. The summed E-state index contributed by atoms with van der Waals surface area (Å²) in [5.41, 5.74) is 0.536. The quantitative estimate of drug-likeness (QED) is 0.678. The molecule has 1 rings (SSSR count). The molecule has 0 radical (unpaired) electrons. The lowest BCUT2D eigenvalue weighted by molar-refractivity contribution is -0.150. The molecule has 0 unspecified atom stereocenters. The van der Waals surface area contributed by atoms with Gasteiger partial charge in [0.1, 0.15) is 5.60 Å². The van der Waals surface area contributed by atoms with Crippen molar-refractivity contribution in [1.82, 2.24) is 4.90 Å². The van der Waals surface area contributed by atoms with Crippen LogP contribution in [0.2, 0.25) is 0 Å². The Hall–Kier alpha value is -0.870. The van der Waals surface area contributed by atoms with Gasteiger partial charge < -0.3 is 14.4 Å². The molecule has 0 bridgehead atoms. The number of rotatable bonds is 4. The van der Waals surface area contributed by atoms with Gasteiger partial charge in [-0.1, -0.05) is 6.08 Å². The fourth-order valence-electron chi connectivity index (χ4n) is 1.68. The molecule has 1 aliphatic rings. The second kappa shape index (κ2) is 5.46. The highest BCUT2D eigenvalue weighted by molar-refractivity contribution is 5.84. The first-order valence-electron chi connectivity index (χ1n) is 5.52. The lowest BCUT2D eigenvalue weighted by Gasteiger charge is -2.32. The average molecular weight is 227 g/mol. The average Bonchev–Trinajstić information content (AvgIpc) is 2.29. The molecule has 16 heavy (non-hydrogen) atoms. The minimum atomic E-state index is -0.730. The Morgan fingerprint density at radius 1 is 1.50 bits per heavy atom. The molecule has 0 aromatic rings.